The lowest BCUT2D eigenvalue weighted by Crippen LogP contribution is -2.31. The molecular formula is C14H11BrF3IN2. The molecule has 0 fully saturated rings. The molecule has 1 atom stereocenters. The molecule has 0 aromatic heterocycles. The molecule has 0 aliphatic rings. The third kappa shape index (κ3) is 3.77. The molecule has 0 saturated heterocycles. The van der Waals surface area contributed by atoms with Crippen LogP contribution in [0.1, 0.15) is 22.7 Å². The summed E-state index contributed by atoms with van der Waals surface area (Å²) in [7, 11) is 0. The molecule has 7 heteroatoms. The van der Waals surface area contributed by atoms with E-state index in [1.807, 2.05) is 12.1 Å². The van der Waals surface area contributed by atoms with E-state index in [9.17, 15) is 13.2 Å². The van der Waals surface area contributed by atoms with Gasteiger partial charge in [-0.1, -0.05) is 34.1 Å². The first-order valence-electron chi connectivity index (χ1n) is 5.91. The van der Waals surface area contributed by atoms with Crippen LogP contribution in [0.2, 0.25) is 0 Å². The number of alkyl halides is 3. The molecule has 0 aliphatic heterocycles. The molecule has 0 amide bonds. The summed E-state index contributed by atoms with van der Waals surface area (Å²) in [5.74, 6) is 5.53. The standard InChI is InChI=1S/C14H11BrF3IN2/c15-8-5-6-12(19)10(7-8)13(21-20)9-3-1-2-4-11(9)14(16,17)18/h1-7,13,21H,20H2. The van der Waals surface area contributed by atoms with Crippen molar-refractivity contribution in [3.8, 4) is 0 Å². The van der Waals surface area contributed by atoms with Crippen LogP contribution in [0.3, 0.4) is 0 Å². The minimum Gasteiger partial charge on any atom is -0.271 e. The topological polar surface area (TPSA) is 38.0 Å². The second-order valence-electron chi connectivity index (χ2n) is 4.35. The van der Waals surface area contributed by atoms with Crippen LogP contribution in [-0.4, -0.2) is 0 Å². The summed E-state index contributed by atoms with van der Waals surface area (Å²) in [6.45, 7) is 0. The predicted octanol–water partition coefficient (Wildman–Crippen LogP) is 4.63. The Kier molecular flexibility index (Phi) is 5.29. The second-order valence-corrected chi connectivity index (χ2v) is 6.43. The Morgan fingerprint density at radius 3 is 2.38 bits per heavy atom. The summed E-state index contributed by atoms with van der Waals surface area (Å²) < 4.78 is 41.1. The first-order valence-corrected chi connectivity index (χ1v) is 7.79. The highest BCUT2D eigenvalue weighted by atomic mass is 127. The highest BCUT2D eigenvalue weighted by molar-refractivity contribution is 14.1. The largest absolute Gasteiger partial charge is 0.416 e. The average molecular weight is 471 g/mol. The molecule has 2 rings (SSSR count). The van der Waals surface area contributed by atoms with Crippen molar-refractivity contribution < 1.29 is 13.2 Å². The summed E-state index contributed by atoms with van der Waals surface area (Å²) in [4.78, 5) is 0. The Hall–Kier alpha value is -0.640. The van der Waals surface area contributed by atoms with Gasteiger partial charge in [0.15, 0.2) is 0 Å². The molecule has 0 saturated carbocycles. The van der Waals surface area contributed by atoms with Crippen LogP contribution in [-0.2, 0) is 6.18 Å². The van der Waals surface area contributed by atoms with E-state index in [0.29, 0.717) is 5.56 Å². The Morgan fingerprint density at radius 1 is 1.10 bits per heavy atom. The fraction of sp³-hybridized carbons (Fsp3) is 0.143. The van der Waals surface area contributed by atoms with Gasteiger partial charge in [0.25, 0.3) is 0 Å². The van der Waals surface area contributed by atoms with Crippen molar-refractivity contribution in [2.45, 2.75) is 12.2 Å². The molecule has 0 heterocycles. The van der Waals surface area contributed by atoms with Crippen LogP contribution < -0.4 is 11.3 Å². The van der Waals surface area contributed by atoms with Gasteiger partial charge < -0.3 is 0 Å². The smallest absolute Gasteiger partial charge is 0.271 e. The van der Waals surface area contributed by atoms with Gasteiger partial charge in [-0.2, -0.15) is 13.2 Å². The molecule has 21 heavy (non-hydrogen) atoms. The Morgan fingerprint density at radius 2 is 1.76 bits per heavy atom. The van der Waals surface area contributed by atoms with Crippen LogP contribution in [0.4, 0.5) is 13.2 Å². The molecule has 0 aliphatic carbocycles. The number of hydrazine groups is 1. The van der Waals surface area contributed by atoms with Gasteiger partial charge in [0.2, 0.25) is 0 Å². The van der Waals surface area contributed by atoms with Gasteiger partial charge in [-0.15, -0.1) is 0 Å². The minimum atomic E-state index is -4.43. The van der Waals surface area contributed by atoms with Crippen LogP contribution in [0.15, 0.2) is 46.9 Å². The van der Waals surface area contributed by atoms with Gasteiger partial charge in [-0.25, -0.2) is 5.43 Å². The lowest BCUT2D eigenvalue weighted by molar-refractivity contribution is -0.138. The van der Waals surface area contributed by atoms with Crippen LogP contribution >= 0.6 is 38.5 Å². The average Bonchev–Trinajstić information content (AvgIpc) is 2.43. The van der Waals surface area contributed by atoms with Gasteiger partial charge in [0.05, 0.1) is 11.6 Å². The van der Waals surface area contributed by atoms with Gasteiger partial charge in [0.1, 0.15) is 0 Å². The molecule has 2 nitrogen and oxygen atoms in total. The van der Waals surface area contributed by atoms with E-state index in [4.69, 9.17) is 5.84 Å². The van der Waals surface area contributed by atoms with Crippen molar-refractivity contribution in [1.29, 1.82) is 0 Å². The molecule has 2 aromatic carbocycles. The molecule has 0 bridgehead atoms. The minimum absolute atomic E-state index is 0.100. The summed E-state index contributed by atoms with van der Waals surface area (Å²) in [5, 5.41) is 0. The molecule has 3 N–H and O–H groups in total. The highest BCUT2D eigenvalue weighted by Crippen LogP contribution is 2.37. The zero-order valence-electron chi connectivity index (χ0n) is 10.6. The number of hydrogen-bond acceptors (Lipinski definition) is 2. The fourth-order valence-corrected chi connectivity index (χ4v) is 3.12. The van der Waals surface area contributed by atoms with Crippen molar-refractivity contribution in [3.05, 3.63) is 67.2 Å². The van der Waals surface area contributed by atoms with Crippen LogP contribution in [0.5, 0.6) is 0 Å². The van der Waals surface area contributed by atoms with Gasteiger partial charge in [-0.05, 0) is 58.0 Å². The molecule has 0 radical (unpaired) electrons. The molecule has 112 valence electrons. The Bertz CT molecular complexity index is 646. The van der Waals surface area contributed by atoms with E-state index in [1.165, 1.54) is 12.1 Å². The van der Waals surface area contributed by atoms with E-state index < -0.39 is 17.8 Å². The van der Waals surface area contributed by atoms with E-state index in [0.717, 1.165) is 14.1 Å². The summed E-state index contributed by atoms with van der Waals surface area (Å²) >= 11 is 5.41. The Labute approximate surface area is 142 Å². The lowest BCUT2D eigenvalue weighted by atomic mass is 9.94. The molecular weight excluding hydrogens is 460 g/mol. The maximum absolute atomic E-state index is 13.2. The third-order valence-electron chi connectivity index (χ3n) is 3.01. The monoisotopic (exact) mass is 470 g/mol. The van der Waals surface area contributed by atoms with Gasteiger partial charge in [0, 0.05) is 8.04 Å². The van der Waals surface area contributed by atoms with E-state index in [-0.39, 0.29) is 5.56 Å². The van der Waals surface area contributed by atoms with Crippen molar-refractivity contribution in [3.63, 3.8) is 0 Å². The number of nitrogens with one attached hydrogen (secondary N) is 1. The van der Waals surface area contributed by atoms with E-state index in [1.54, 1.807) is 12.1 Å². The maximum Gasteiger partial charge on any atom is 0.416 e. The highest BCUT2D eigenvalue weighted by Gasteiger charge is 2.35. The molecule has 2 aromatic rings. The maximum atomic E-state index is 13.2. The van der Waals surface area contributed by atoms with E-state index >= 15 is 0 Å². The third-order valence-corrected chi connectivity index (χ3v) is 4.49. The number of benzene rings is 2. The predicted molar refractivity (Wildman–Crippen MR) is 87.5 cm³/mol. The zero-order valence-corrected chi connectivity index (χ0v) is 14.3. The number of rotatable bonds is 3. The van der Waals surface area contributed by atoms with E-state index in [2.05, 4.69) is 43.9 Å². The second kappa shape index (κ2) is 6.64. The quantitative estimate of drug-likeness (QED) is 0.390. The van der Waals surface area contributed by atoms with Crippen LogP contribution in [0.25, 0.3) is 0 Å². The first-order chi connectivity index (χ1) is 9.84. The lowest BCUT2D eigenvalue weighted by Gasteiger charge is -2.22. The first kappa shape index (κ1) is 16.7. The fourth-order valence-electron chi connectivity index (χ4n) is 2.09. The summed E-state index contributed by atoms with van der Waals surface area (Å²) in [5.41, 5.74) is 2.58. The summed E-state index contributed by atoms with van der Waals surface area (Å²) in [6.07, 6.45) is -4.43. The normalized spacial score (nSPS) is 13.2. The number of nitrogens with two attached hydrogens (primary N) is 1. The van der Waals surface area contributed by atoms with Gasteiger partial charge >= 0.3 is 6.18 Å². The molecule has 0 spiro atoms. The van der Waals surface area contributed by atoms with Crippen molar-refractivity contribution >= 4 is 38.5 Å². The van der Waals surface area contributed by atoms with Crippen molar-refractivity contribution in [2.24, 2.45) is 5.84 Å². The van der Waals surface area contributed by atoms with Crippen molar-refractivity contribution in [2.75, 3.05) is 0 Å². The summed E-state index contributed by atoms with van der Waals surface area (Å²) in [6, 6.07) is 10.1. The van der Waals surface area contributed by atoms with Gasteiger partial charge in [-0.3, -0.25) is 5.84 Å². The van der Waals surface area contributed by atoms with Crippen molar-refractivity contribution in [1.82, 2.24) is 5.43 Å². The Balaban J connectivity index is 2.60. The zero-order chi connectivity index (χ0) is 15.6. The number of halogens is 5. The SMILES string of the molecule is NNC(c1cc(Br)ccc1I)c1ccccc1C(F)(F)F. The molecule has 1 unspecified atom stereocenters. The van der Waals surface area contributed by atoms with Crippen LogP contribution in [0, 0.1) is 3.57 Å². The number of hydrogen-bond donors (Lipinski definition) is 2.